The Morgan fingerprint density at radius 3 is 2.90 bits per heavy atom. The highest BCUT2D eigenvalue weighted by Crippen LogP contribution is 2.29. The first kappa shape index (κ1) is 7.32. The Morgan fingerprint density at radius 1 is 1.80 bits per heavy atom. The molecule has 1 N–H and O–H groups in total. The predicted molar refractivity (Wildman–Crippen MR) is 38.7 cm³/mol. The van der Waals surface area contributed by atoms with Crippen molar-refractivity contribution in [1.29, 1.82) is 0 Å². The molecule has 1 saturated carbocycles. The van der Waals surface area contributed by atoms with E-state index in [0.717, 1.165) is 24.8 Å². The van der Waals surface area contributed by atoms with Crippen molar-refractivity contribution < 1.29 is 9.90 Å². The monoisotopic (exact) mass is 140 g/mol. The zero-order valence-corrected chi connectivity index (χ0v) is 6.13. The van der Waals surface area contributed by atoms with Crippen LogP contribution < -0.4 is 0 Å². The molecular formula is C8H12O2. The van der Waals surface area contributed by atoms with E-state index in [9.17, 15) is 4.79 Å². The number of carboxylic acids is 1. The quantitative estimate of drug-likeness (QED) is 0.564. The van der Waals surface area contributed by atoms with Crippen LogP contribution in [0.15, 0.2) is 11.6 Å². The van der Waals surface area contributed by atoms with Gasteiger partial charge in [-0.15, -0.1) is 0 Å². The molecule has 1 aliphatic carbocycles. The van der Waals surface area contributed by atoms with Crippen LogP contribution in [-0.2, 0) is 4.79 Å². The van der Waals surface area contributed by atoms with E-state index < -0.39 is 5.97 Å². The lowest BCUT2D eigenvalue weighted by atomic mass is 10.1. The van der Waals surface area contributed by atoms with Gasteiger partial charge in [0.25, 0.3) is 0 Å². The van der Waals surface area contributed by atoms with Gasteiger partial charge in [0.15, 0.2) is 0 Å². The van der Waals surface area contributed by atoms with Gasteiger partial charge >= 0.3 is 5.97 Å². The fraction of sp³-hybridized carbons (Fsp3) is 0.625. The fourth-order valence-electron chi connectivity index (χ4n) is 1.42. The van der Waals surface area contributed by atoms with E-state index in [2.05, 4.69) is 6.92 Å². The van der Waals surface area contributed by atoms with Crippen LogP contribution in [0.4, 0.5) is 0 Å². The van der Waals surface area contributed by atoms with E-state index in [-0.39, 0.29) is 0 Å². The zero-order chi connectivity index (χ0) is 7.56. The molecular weight excluding hydrogens is 128 g/mol. The molecule has 0 aromatic carbocycles. The summed E-state index contributed by atoms with van der Waals surface area (Å²) < 4.78 is 0. The second kappa shape index (κ2) is 2.86. The molecule has 1 aliphatic rings. The lowest BCUT2D eigenvalue weighted by Crippen LogP contribution is -1.94. The lowest BCUT2D eigenvalue weighted by Gasteiger charge is -2.00. The second-order valence-corrected chi connectivity index (χ2v) is 2.85. The van der Waals surface area contributed by atoms with Crippen molar-refractivity contribution in [3.05, 3.63) is 11.6 Å². The van der Waals surface area contributed by atoms with Gasteiger partial charge in [-0.05, 0) is 25.2 Å². The maximum absolute atomic E-state index is 10.2. The van der Waals surface area contributed by atoms with Gasteiger partial charge in [0.1, 0.15) is 0 Å². The summed E-state index contributed by atoms with van der Waals surface area (Å²) in [6, 6.07) is 0. The Kier molecular flexibility index (Phi) is 2.10. The van der Waals surface area contributed by atoms with Crippen LogP contribution in [0.25, 0.3) is 0 Å². The first-order chi connectivity index (χ1) is 4.70. The van der Waals surface area contributed by atoms with Crippen molar-refractivity contribution in [3.63, 3.8) is 0 Å². The summed E-state index contributed by atoms with van der Waals surface area (Å²) in [5.74, 6) is -0.306. The number of allylic oxidation sites excluding steroid dienone is 1. The van der Waals surface area contributed by atoms with Crippen molar-refractivity contribution in [2.45, 2.75) is 26.2 Å². The molecule has 0 heterocycles. The van der Waals surface area contributed by atoms with Crippen molar-refractivity contribution in [1.82, 2.24) is 0 Å². The largest absolute Gasteiger partial charge is 0.478 e. The zero-order valence-electron chi connectivity index (χ0n) is 6.13. The lowest BCUT2D eigenvalue weighted by molar-refractivity contribution is -0.131. The predicted octanol–water partition coefficient (Wildman–Crippen LogP) is 1.82. The molecule has 2 nitrogen and oxygen atoms in total. The Balaban J connectivity index is 2.62. The summed E-state index contributed by atoms with van der Waals surface area (Å²) >= 11 is 0. The van der Waals surface area contributed by atoms with Crippen molar-refractivity contribution in [3.8, 4) is 0 Å². The van der Waals surface area contributed by atoms with Crippen molar-refractivity contribution in [2.24, 2.45) is 5.92 Å². The molecule has 56 valence electrons. The highest BCUT2D eigenvalue weighted by atomic mass is 16.4. The van der Waals surface area contributed by atoms with Gasteiger partial charge in [0.2, 0.25) is 0 Å². The van der Waals surface area contributed by atoms with Gasteiger partial charge in [-0.3, -0.25) is 0 Å². The van der Waals surface area contributed by atoms with Crippen LogP contribution in [-0.4, -0.2) is 11.1 Å². The number of carboxylic acid groups (broad SMARTS) is 1. The maximum atomic E-state index is 10.2. The minimum atomic E-state index is -0.802. The molecule has 1 atom stereocenters. The first-order valence-corrected chi connectivity index (χ1v) is 3.63. The third-order valence-electron chi connectivity index (χ3n) is 2.04. The molecule has 0 amide bonds. The molecule has 2 heteroatoms. The topological polar surface area (TPSA) is 37.3 Å². The highest BCUT2D eigenvalue weighted by Gasteiger charge is 2.16. The summed E-state index contributed by atoms with van der Waals surface area (Å²) in [5.41, 5.74) is 1.10. The average molecular weight is 140 g/mol. The van der Waals surface area contributed by atoms with Gasteiger partial charge < -0.3 is 5.11 Å². The van der Waals surface area contributed by atoms with E-state index in [1.807, 2.05) is 0 Å². The van der Waals surface area contributed by atoms with Crippen LogP contribution in [0.1, 0.15) is 26.2 Å². The number of rotatable bonds is 1. The Bertz CT molecular complexity index is 170. The van der Waals surface area contributed by atoms with Gasteiger partial charge in [0, 0.05) is 6.08 Å². The SMILES string of the molecule is C[C@H]1CCC/C1=C\C(=O)O. The van der Waals surface area contributed by atoms with Crippen LogP contribution in [0.2, 0.25) is 0 Å². The number of hydrogen-bond acceptors (Lipinski definition) is 1. The Morgan fingerprint density at radius 2 is 2.50 bits per heavy atom. The third-order valence-corrected chi connectivity index (χ3v) is 2.04. The molecule has 0 aromatic rings. The summed E-state index contributed by atoms with van der Waals surface area (Å²) in [6.45, 7) is 2.09. The number of hydrogen-bond donors (Lipinski definition) is 1. The molecule has 1 fully saturated rings. The smallest absolute Gasteiger partial charge is 0.328 e. The van der Waals surface area contributed by atoms with Gasteiger partial charge in [-0.1, -0.05) is 12.5 Å². The van der Waals surface area contributed by atoms with E-state index in [0.29, 0.717) is 5.92 Å². The summed E-state index contributed by atoms with van der Waals surface area (Å²) in [7, 11) is 0. The van der Waals surface area contributed by atoms with E-state index >= 15 is 0 Å². The minimum absolute atomic E-state index is 0.496. The fourth-order valence-corrected chi connectivity index (χ4v) is 1.42. The van der Waals surface area contributed by atoms with Gasteiger partial charge in [-0.2, -0.15) is 0 Å². The molecule has 0 saturated heterocycles. The van der Waals surface area contributed by atoms with Gasteiger partial charge in [-0.25, -0.2) is 4.79 Å². The molecule has 0 spiro atoms. The molecule has 10 heavy (non-hydrogen) atoms. The van der Waals surface area contributed by atoms with Crippen LogP contribution in [0.5, 0.6) is 0 Å². The molecule has 0 aliphatic heterocycles. The van der Waals surface area contributed by atoms with E-state index in [4.69, 9.17) is 5.11 Å². The normalized spacial score (nSPS) is 29.3. The van der Waals surface area contributed by atoms with E-state index in [1.165, 1.54) is 6.08 Å². The molecule has 0 unspecified atom stereocenters. The average Bonchev–Trinajstić information content (AvgIpc) is 2.15. The van der Waals surface area contributed by atoms with Gasteiger partial charge in [0.05, 0.1) is 0 Å². The van der Waals surface area contributed by atoms with Crippen LogP contribution in [0.3, 0.4) is 0 Å². The molecule has 0 aromatic heterocycles. The van der Waals surface area contributed by atoms with Crippen LogP contribution >= 0.6 is 0 Å². The number of aliphatic carboxylic acids is 1. The molecule has 0 radical (unpaired) electrons. The van der Waals surface area contributed by atoms with E-state index in [1.54, 1.807) is 0 Å². The highest BCUT2D eigenvalue weighted by molar-refractivity contribution is 5.80. The summed E-state index contributed by atoms with van der Waals surface area (Å²) in [4.78, 5) is 10.2. The number of carbonyl (C=O) groups is 1. The Hall–Kier alpha value is -0.790. The Labute approximate surface area is 60.6 Å². The second-order valence-electron chi connectivity index (χ2n) is 2.85. The summed E-state index contributed by atoms with van der Waals surface area (Å²) in [5, 5.41) is 8.42. The van der Waals surface area contributed by atoms with Crippen molar-refractivity contribution >= 4 is 5.97 Å². The standard InChI is InChI=1S/C8H12O2/c1-6-3-2-4-7(6)5-8(9)10/h5-6H,2-4H2,1H3,(H,9,10)/b7-5+/t6-/m0/s1. The third kappa shape index (κ3) is 1.59. The summed E-state index contributed by atoms with van der Waals surface area (Å²) in [6.07, 6.45) is 4.64. The first-order valence-electron chi connectivity index (χ1n) is 3.63. The molecule has 0 bridgehead atoms. The van der Waals surface area contributed by atoms with Crippen LogP contribution in [0, 0.1) is 5.92 Å². The minimum Gasteiger partial charge on any atom is -0.478 e. The maximum Gasteiger partial charge on any atom is 0.328 e. The molecule has 1 rings (SSSR count). The van der Waals surface area contributed by atoms with Crippen molar-refractivity contribution in [2.75, 3.05) is 0 Å².